The first-order valence-corrected chi connectivity index (χ1v) is 7.33. The van der Waals surface area contributed by atoms with E-state index < -0.39 is 0 Å². The summed E-state index contributed by atoms with van der Waals surface area (Å²) in [6.07, 6.45) is 2.72. The Labute approximate surface area is 120 Å². The number of hydrogen-bond acceptors (Lipinski definition) is 3. The molecule has 1 heterocycles. The minimum atomic E-state index is -0.128. The summed E-state index contributed by atoms with van der Waals surface area (Å²) in [5, 5.41) is 10.3. The third-order valence-corrected chi connectivity index (χ3v) is 3.91. The van der Waals surface area contributed by atoms with Gasteiger partial charge in [-0.05, 0) is 44.4 Å². The fraction of sp³-hybridized carbons (Fsp3) is 0.600. The second kappa shape index (κ2) is 7.13. The number of benzene rings is 1. The van der Waals surface area contributed by atoms with Crippen molar-refractivity contribution in [3.8, 4) is 5.75 Å². The Balaban J connectivity index is 1.80. The number of aryl methyl sites for hydroxylation is 1. The molecule has 1 aliphatic rings. The maximum Gasteiger partial charge on any atom is 0.140 e. The first-order chi connectivity index (χ1) is 9.16. The Hall–Kier alpha value is -0.770. The van der Waals surface area contributed by atoms with Crippen LogP contribution in [-0.4, -0.2) is 42.4 Å². The van der Waals surface area contributed by atoms with Gasteiger partial charge >= 0.3 is 0 Å². The number of aliphatic hydroxyl groups is 1. The Morgan fingerprint density at radius 2 is 2.21 bits per heavy atom. The van der Waals surface area contributed by atoms with Crippen molar-refractivity contribution in [1.29, 1.82) is 0 Å². The summed E-state index contributed by atoms with van der Waals surface area (Å²) in [6.45, 7) is 5.52. The standard InChI is InChI=1S/C15H22ClNO2/c1-12-4-2-6-14(16)15(12)19-11-10-17-8-3-5-13(18)7-9-17/h2,4,6,13,18H,3,5,7-11H2,1H3/t13-/m0/s1. The van der Waals surface area contributed by atoms with E-state index in [0.29, 0.717) is 11.6 Å². The lowest BCUT2D eigenvalue weighted by Gasteiger charge is -2.20. The fourth-order valence-corrected chi connectivity index (χ4v) is 2.71. The van der Waals surface area contributed by atoms with Crippen molar-refractivity contribution >= 4 is 11.6 Å². The van der Waals surface area contributed by atoms with Crippen LogP contribution in [0.5, 0.6) is 5.75 Å². The lowest BCUT2D eigenvalue weighted by Crippen LogP contribution is -2.29. The van der Waals surface area contributed by atoms with Crippen LogP contribution in [0.3, 0.4) is 0 Å². The molecule has 0 saturated carbocycles. The van der Waals surface area contributed by atoms with Crippen molar-refractivity contribution in [3.05, 3.63) is 28.8 Å². The smallest absolute Gasteiger partial charge is 0.140 e. The van der Waals surface area contributed by atoms with Gasteiger partial charge in [0.05, 0.1) is 11.1 Å². The largest absolute Gasteiger partial charge is 0.490 e. The predicted octanol–water partition coefficient (Wildman–Crippen LogP) is 2.87. The summed E-state index contributed by atoms with van der Waals surface area (Å²) in [5.74, 6) is 0.791. The highest BCUT2D eigenvalue weighted by atomic mass is 35.5. The molecule has 106 valence electrons. The molecule has 0 aliphatic carbocycles. The summed E-state index contributed by atoms with van der Waals surface area (Å²) in [6, 6.07) is 5.79. The normalized spacial score (nSPS) is 21.1. The number of rotatable bonds is 4. The first kappa shape index (κ1) is 14.6. The molecule has 1 fully saturated rings. The molecule has 1 N–H and O–H groups in total. The molecule has 1 saturated heterocycles. The van der Waals surface area contributed by atoms with Crippen LogP contribution in [-0.2, 0) is 0 Å². The lowest BCUT2D eigenvalue weighted by molar-refractivity contribution is 0.152. The first-order valence-electron chi connectivity index (χ1n) is 6.95. The zero-order valence-electron chi connectivity index (χ0n) is 11.4. The predicted molar refractivity (Wildman–Crippen MR) is 78.0 cm³/mol. The molecule has 0 radical (unpaired) electrons. The van der Waals surface area contributed by atoms with E-state index >= 15 is 0 Å². The monoisotopic (exact) mass is 283 g/mol. The number of hydrogen-bond donors (Lipinski definition) is 1. The van der Waals surface area contributed by atoms with E-state index in [1.54, 1.807) is 0 Å². The number of halogens is 1. The Morgan fingerprint density at radius 1 is 1.37 bits per heavy atom. The molecule has 0 amide bonds. The second-order valence-electron chi connectivity index (χ2n) is 5.16. The summed E-state index contributed by atoms with van der Waals surface area (Å²) in [7, 11) is 0. The van der Waals surface area contributed by atoms with E-state index in [2.05, 4.69) is 4.90 Å². The van der Waals surface area contributed by atoms with Crippen molar-refractivity contribution in [2.45, 2.75) is 32.3 Å². The number of aliphatic hydroxyl groups excluding tert-OH is 1. The lowest BCUT2D eigenvalue weighted by atomic mass is 10.2. The van der Waals surface area contributed by atoms with Gasteiger partial charge in [-0.25, -0.2) is 0 Å². The highest BCUT2D eigenvalue weighted by Gasteiger charge is 2.14. The van der Waals surface area contributed by atoms with Gasteiger partial charge in [-0.3, -0.25) is 4.90 Å². The Bertz CT molecular complexity index is 391. The molecule has 1 aromatic rings. The van der Waals surface area contributed by atoms with Crippen LogP contribution in [0.1, 0.15) is 24.8 Å². The molecule has 0 spiro atoms. The summed E-state index contributed by atoms with van der Waals surface area (Å²) >= 11 is 6.12. The highest BCUT2D eigenvalue weighted by Crippen LogP contribution is 2.27. The van der Waals surface area contributed by atoms with Crippen LogP contribution >= 0.6 is 11.6 Å². The number of ether oxygens (including phenoxy) is 1. The molecule has 4 heteroatoms. The second-order valence-corrected chi connectivity index (χ2v) is 5.57. The molecule has 2 rings (SSSR count). The van der Waals surface area contributed by atoms with E-state index in [-0.39, 0.29) is 6.10 Å². The summed E-state index contributed by atoms with van der Waals surface area (Å²) < 4.78 is 5.80. The van der Waals surface area contributed by atoms with Gasteiger partial charge in [0.2, 0.25) is 0 Å². The number of likely N-dealkylation sites (tertiary alicyclic amines) is 1. The molecule has 0 unspecified atom stereocenters. The van der Waals surface area contributed by atoms with Crippen LogP contribution in [0.2, 0.25) is 5.02 Å². The third-order valence-electron chi connectivity index (χ3n) is 3.61. The minimum Gasteiger partial charge on any atom is -0.490 e. The van der Waals surface area contributed by atoms with E-state index in [0.717, 1.165) is 50.2 Å². The van der Waals surface area contributed by atoms with Crippen molar-refractivity contribution in [2.24, 2.45) is 0 Å². The maximum absolute atomic E-state index is 9.61. The molecule has 1 aliphatic heterocycles. The van der Waals surface area contributed by atoms with Crippen molar-refractivity contribution in [3.63, 3.8) is 0 Å². The van der Waals surface area contributed by atoms with Gasteiger partial charge < -0.3 is 9.84 Å². The van der Waals surface area contributed by atoms with E-state index in [4.69, 9.17) is 16.3 Å². The Kier molecular flexibility index (Phi) is 5.49. The zero-order valence-corrected chi connectivity index (χ0v) is 12.2. The van der Waals surface area contributed by atoms with E-state index in [1.165, 1.54) is 0 Å². The molecule has 1 atom stereocenters. The molecular weight excluding hydrogens is 262 g/mol. The third kappa shape index (κ3) is 4.37. The molecule has 0 aromatic heterocycles. The summed E-state index contributed by atoms with van der Waals surface area (Å²) in [5.41, 5.74) is 1.07. The number of nitrogens with zero attached hydrogens (tertiary/aromatic N) is 1. The fourth-order valence-electron chi connectivity index (χ4n) is 2.44. The van der Waals surface area contributed by atoms with Crippen molar-refractivity contribution < 1.29 is 9.84 Å². The average Bonchev–Trinajstić information content (AvgIpc) is 2.58. The van der Waals surface area contributed by atoms with Crippen LogP contribution in [0.25, 0.3) is 0 Å². The van der Waals surface area contributed by atoms with E-state index in [1.807, 2.05) is 25.1 Å². The van der Waals surface area contributed by atoms with Gasteiger partial charge in [-0.15, -0.1) is 0 Å². The van der Waals surface area contributed by atoms with Gasteiger partial charge in [0.1, 0.15) is 12.4 Å². The quantitative estimate of drug-likeness (QED) is 0.922. The Morgan fingerprint density at radius 3 is 3.00 bits per heavy atom. The van der Waals surface area contributed by atoms with Crippen LogP contribution < -0.4 is 4.74 Å². The van der Waals surface area contributed by atoms with Crippen LogP contribution in [0.4, 0.5) is 0 Å². The molecule has 1 aromatic carbocycles. The van der Waals surface area contributed by atoms with Crippen molar-refractivity contribution in [1.82, 2.24) is 4.90 Å². The minimum absolute atomic E-state index is 0.128. The van der Waals surface area contributed by atoms with Gasteiger partial charge in [0.25, 0.3) is 0 Å². The molecule has 3 nitrogen and oxygen atoms in total. The van der Waals surface area contributed by atoms with Crippen molar-refractivity contribution in [2.75, 3.05) is 26.2 Å². The van der Waals surface area contributed by atoms with Gasteiger partial charge in [0, 0.05) is 13.1 Å². The summed E-state index contributed by atoms with van der Waals surface area (Å²) in [4.78, 5) is 2.35. The van der Waals surface area contributed by atoms with E-state index in [9.17, 15) is 5.11 Å². The van der Waals surface area contributed by atoms with Gasteiger partial charge in [0.15, 0.2) is 0 Å². The topological polar surface area (TPSA) is 32.7 Å². The van der Waals surface area contributed by atoms with Crippen LogP contribution in [0, 0.1) is 6.92 Å². The highest BCUT2D eigenvalue weighted by molar-refractivity contribution is 6.32. The molecular formula is C15H22ClNO2. The molecule has 19 heavy (non-hydrogen) atoms. The maximum atomic E-state index is 9.61. The number of para-hydroxylation sites is 1. The van der Waals surface area contributed by atoms with Crippen LogP contribution in [0.15, 0.2) is 18.2 Å². The van der Waals surface area contributed by atoms with Gasteiger partial charge in [-0.1, -0.05) is 23.7 Å². The van der Waals surface area contributed by atoms with Gasteiger partial charge in [-0.2, -0.15) is 0 Å². The average molecular weight is 284 g/mol. The zero-order chi connectivity index (χ0) is 13.7. The molecule has 0 bridgehead atoms. The SMILES string of the molecule is Cc1cccc(Cl)c1OCCN1CCC[C@H](O)CC1.